The number of carbonyl (C=O) groups excluding carboxylic acids is 2. The molecule has 0 radical (unpaired) electrons. The molecule has 5 heteroatoms. The van der Waals surface area contributed by atoms with Crippen LogP contribution in [0.5, 0.6) is 0 Å². The van der Waals surface area contributed by atoms with Gasteiger partial charge in [-0.25, -0.2) is 9.59 Å². The van der Waals surface area contributed by atoms with Gasteiger partial charge >= 0.3 is 11.9 Å². The summed E-state index contributed by atoms with van der Waals surface area (Å²) >= 11 is 0. The van der Waals surface area contributed by atoms with E-state index in [-0.39, 0.29) is 34.6 Å². The van der Waals surface area contributed by atoms with Crippen LogP contribution in [-0.2, 0) is 23.8 Å². The number of fused-ring (bicyclic) bond motifs is 1. The highest BCUT2D eigenvalue weighted by atomic mass is 16.5. The SMILES string of the molecule is CCCC=C1OC(=O)C2=CC3(CCOC)CCC12C1C2=C(CCC13)C(=CC1(CC)CCCC1)OC2=O. The first kappa shape index (κ1) is 24.2. The number of allylic oxidation sites excluding steroid dienone is 5. The van der Waals surface area contributed by atoms with Crippen LogP contribution in [0.4, 0.5) is 0 Å². The zero-order chi connectivity index (χ0) is 25.1. The lowest BCUT2D eigenvalue weighted by atomic mass is 9.41. The molecule has 2 bridgehead atoms. The van der Waals surface area contributed by atoms with Crippen molar-refractivity contribution in [1.29, 1.82) is 0 Å². The molecule has 7 aliphatic rings. The second-order valence-corrected chi connectivity index (χ2v) is 12.1. The molecule has 1 saturated heterocycles. The van der Waals surface area contributed by atoms with E-state index >= 15 is 0 Å². The molecule has 0 aromatic carbocycles. The molecule has 194 valence electrons. The van der Waals surface area contributed by atoms with Crippen LogP contribution in [0.1, 0.15) is 90.9 Å². The topological polar surface area (TPSA) is 61.8 Å². The average molecular weight is 493 g/mol. The van der Waals surface area contributed by atoms with E-state index in [0.29, 0.717) is 6.61 Å². The lowest BCUT2D eigenvalue weighted by Crippen LogP contribution is -2.56. The van der Waals surface area contributed by atoms with Crippen molar-refractivity contribution in [3.63, 3.8) is 0 Å². The molecule has 2 heterocycles. The second-order valence-electron chi connectivity index (χ2n) is 12.1. The van der Waals surface area contributed by atoms with Crippen molar-refractivity contribution < 1.29 is 23.8 Å². The summed E-state index contributed by atoms with van der Waals surface area (Å²) in [6.07, 6.45) is 19.0. The minimum atomic E-state index is -0.531. The van der Waals surface area contributed by atoms with Crippen molar-refractivity contribution in [2.45, 2.75) is 90.9 Å². The van der Waals surface area contributed by atoms with E-state index in [1.54, 1.807) is 7.11 Å². The van der Waals surface area contributed by atoms with Gasteiger partial charge in [-0.2, -0.15) is 0 Å². The molecule has 0 N–H and O–H groups in total. The first-order valence-electron chi connectivity index (χ1n) is 14.3. The molecule has 7 rings (SSSR count). The Kier molecular flexibility index (Phi) is 5.86. The van der Waals surface area contributed by atoms with Crippen LogP contribution >= 0.6 is 0 Å². The normalized spacial score (nSPS) is 38.2. The Bertz CT molecular complexity index is 1100. The largest absolute Gasteiger partial charge is 0.427 e. The Balaban J connectivity index is 1.52. The fraction of sp³-hybridized carbons (Fsp3) is 0.677. The Morgan fingerprint density at radius 1 is 1.08 bits per heavy atom. The summed E-state index contributed by atoms with van der Waals surface area (Å²) in [6.45, 7) is 5.04. The molecule has 5 nitrogen and oxygen atoms in total. The van der Waals surface area contributed by atoms with Crippen LogP contribution in [0.25, 0.3) is 0 Å². The van der Waals surface area contributed by atoms with Crippen molar-refractivity contribution in [3.8, 4) is 0 Å². The van der Waals surface area contributed by atoms with Crippen molar-refractivity contribution in [2.24, 2.45) is 28.1 Å². The molecule has 2 saturated carbocycles. The molecule has 36 heavy (non-hydrogen) atoms. The number of hydrogen-bond donors (Lipinski definition) is 0. The third-order valence-corrected chi connectivity index (χ3v) is 10.6. The molecule has 0 amide bonds. The zero-order valence-electron chi connectivity index (χ0n) is 22.1. The number of ether oxygens (including phenoxy) is 3. The van der Waals surface area contributed by atoms with E-state index in [9.17, 15) is 9.59 Å². The highest BCUT2D eigenvalue weighted by Crippen LogP contribution is 2.72. The van der Waals surface area contributed by atoms with Gasteiger partial charge in [-0.15, -0.1) is 0 Å². The molecular formula is C31H40O5. The summed E-state index contributed by atoms with van der Waals surface area (Å²) in [4.78, 5) is 27.0. The number of esters is 2. The summed E-state index contributed by atoms with van der Waals surface area (Å²) in [5, 5.41) is 0. The maximum Gasteiger partial charge on any atom is 0.340 e. The summed E-state index contributed by atoms with van der Waals surface area (Å²) in [5.41, 5.74) is 2.21. The molecule has 2 aliphatic heterocycles. The average Bonchev–Trinajstić information content (AvgIpc) is 3.57. The summed E-state index contributed by atoms with van der Waals surface area (Å²) < 4.78 is 17.7. The van der Waals surface area contributed by atoms with Gasteiger partial charge in [0.25, 0.3) is 0 Å². The van der Waals surface area contributed by atoms with E-state index < -0.39 is 5.41 Å². The van der Waals surface area contributed by atoms with Crippen LogP contribution in [-0.4, -0.2) is 25.7 Å². The molecule has 5 aliphatic carbocycles. The predicted molar refractivity (Wildman–Crippen MR) is 136 cm³/mol. The smallest absolute Gasteiger partial charge is 0.340 e. The summed E-state index contributed by atoms with van der Waals surface area (Å²) in [5.74, 6) is 1.41. The highest BCUT2D eigenvalue weighted by Gasteiger charge is 2.69. The van der Waals surface area contributed by atoms with Crippen molar-refractivity contribution in [1.82, 2.24) is 0 Å². The first-order valence-corrected chi connectivity index (χ1v) is 14.3. The van der Waals surface area contributed by atoms with Gasteiger partial charge in [-0.05, 0) is 86.7 Å². The lowest BCUT2D eigenvalue weighted by molar-refractivity contribution is -0.136. The quantitative estimate of drug-likeness (QED) is 0.370. The maximum absolute atomic E-state index is 13.7. The van der Waals surface area contributed by atoms with E-state index in [4.69, 9.17) is 14.2 Å². The molecule has 4 unspecified atom stereocenters. The molecule has 4 atom stereocenters. The number of carbonyl (C=O) groups is 2. The van der Waals surface area contributed by atoms with Gasteiger partial charge in [0.15, 0.2) is 0 Å². The lowest BCUT2D eigenvalue weighted by Gasteiger charge is -2.60. The Morgan fingerprint density at radius 3 is 2.61 bits per heavy atom. The minimum Gasteiger partial charge on any atom is -0.427 e. The number of methoxy groups -OCH3 is 1. The van der Waals surface area contributed by atoms with Gasteiger partial charge < -0.3 is 14.2 Å². The van der Waals surface area contributed by atoms with Crippen molar-refractivity contribution >= 4 is 11.9 Å². The van der Waals surface area contributed by atoms with Gasteiger partial charge in [-0.1, -0.05) is 39.2 Å². The van der Waals surface area contributed by atoms with E-state index in [1.165, 1.54) is 25.7 Å². The molecule has 3 fully saturated rings. The number of cyclic esters (lactones) is 2. The predicted octanol–water partition coefficient (Wildman–Crippen LogP) is 6.70. The Labute approximate surface area is 215 Å². The molecule has 0 aromatic heterocycles. The van der Waals surface area contributed by atoms with E-state index in [1.807, 2.05) is 0 Å². The molecular weight excluding hydrogens is 452 g/mol. The third kappa shape index (κ3) is 3.23. The Morgan fingerprint density at radius 2 is 1.89 bits per heavy atom. The van der Waals surface area contributed by atoms with Gasteiger partial charge in [0.05, 0.1) is 5.41 Å². The van der Waals surface area contributed by atoms with Crippen LogP contribution in [0.2, 0.25) is 0 Å². The fourth-order valence-corrected chi connectivity index (χ4v) is 8.73. The van der Waals surface area contributed by atoms with Gasteiger partial charge in [0.1, 0.15) is 11.5 Å². The monoisotopic (exact) mass is 492 g/mol. The first-order chi connectivity index (χ1) is 17.4. The Hall–Kier alpha value is -2.14. The third-order valence-electron chi connectivity index (χ3n) is 10.6. The standard InChI is InChI=1S/C31H40O5/c1-4-6-9-24-31-15-14-30(16-17-34-3,18-22(31)27(32)36-24)21-11-10-20-23(35-28(33)25(20)26(21)31)19-29(5-2)12-7-8-13-29/h9,18-19,21,26H,4-8,10-17H2,1-3H3. The molecule has 1 spiro atoms. The minimum absolute atomic E-state index is 0.0685. The van der Waals surface area contributed by atoms with Crippen molar-refractivity contribution in [3.05, 3.63) is 46.5 Å². The fourth-order valence-electron chi connectivity index (χ4n) is 8.73. The van der Waals surface area contributed by atoms with Gasteiger partial charge in [0, 0.05) is 36.4 Å². The molecule has 0 aromatic rings. The van der Waals surface area contributed by atoms with Crippen LogP contribution < -0.4 is 0 Å². The number of hydrogen-bond acceptors (Lipinski definition) is 5. The van der Waals surface area contributed by atoms with E-state index in [0.717, 1.165) is 79.6 Å². The number of rotatable bonds is 7. The zero-order valence-corrected chi connectivity index (χ0v) is 22.1. The van der Waals surface area contributed by atoms with Gasteiger partial charge in [-0.3, -0.25) is 0 Å². The summed E-state index contributed by atoms with van der Waals surface area (Å²) in [7, 11) is 1.74. The maximum atomic E-state index is 13.7. The van der Waals surface area contributed by atoms with Crippen molar-refractivity contribution in [2.75, 3.05) is 13.7 Å². The number of unbranched alkanes of at least 4 members (excludes halogenated alkanes) is 1. The van der Waals surface area contributed by atoms with Crippen LogP contribution in [0.3, 0.4) is 0 Å². The van der Waals surface area contributed by atoms with Gasteiger partial charge in [0.2, 0.25) is 0 Å². The highest BCUT2D eigenvalue weighted by molar-refractivity contribution is 6.00. The van der Waals surface area contributed by atoms with Crippen LogP contribution in [0, 0.1) is 28.1 Å². The van der Waals surface area contributed by atoms with E-state index in [2.05, 4.69) is 32.1 Å². The summed E-state index contributed by atoms with van der Waals surface area (Å²) in [6, 6.07) is 0. The second kappa shape index (κ2) is 8.72. The van der Waals surface area contributed by atoms with Crippen LogP contribution in [0.15, 0.2) is 46.5 Å².